The van der Waals surface area contributed by atoms with Gasteiger partial charge in [0.15, 0.2) is 10.8 Å². The third-order valence-electron chi connectivity index (χ3n) is 6.20. The maximum absolute atomic E-state index is 13.2. The van der Waals surface area contributed by atoms with Crippen molar-refractivity contribution in [2.45, 2.75) is 77.1 Å². The number of alkyl halides is 12. The highest BCUT2D eigenvalue weighted by molar-refractivity contribution is 4.98. The van der Waals surface area contributed by atoms with Gasteiger partial charge in [0.05, 0.1) is 0 Å². The van der Waals surface area contributed by atoms with Crippen molar-refractivity contribution in [3.05, 3.63) is 0 Å². The van der Waals surface area contributed by atoms with E-state index in [-0.39, 0.29) is 13.8 Å². The molecule has 1 rings (SSSR count). The fourth-order valence-electron chi connectivity index (χ4n) is 3.91. The highest BCUT2D eigenvalue weighted by Crippen LogP contribution is 2.60. The Balaban J connectivity index is 3.13. The van der Waals surface area contributed by atoms with E-state index in [4.69, 9.17) is 0 Å². The lowest BCUT2D eigenvalue weighted by Crippen LogP contribution is -2.54. The summed E-state index contributed by atoms with van der Waals surface area (Å²) in [6, 6.07) is 0. The van der Waals surface area contributed by atoms with Crippen molar-refractivity contribution in [3.63, 3.8) is 0 Å². The Hall–Kier alpha value is -0.840. The first kappa shape index (κ1) is 25.2. The zero-order valence-electron chi connectivity index (χ0n) is 14.9. The highest BCUT2D eigenvalue weighted by atomic mass is 19.4. The van der Waals surface area contributed by atoms with Gasteiger partial charge in [0.2, 0.25) is 0 Å². The second kappa shape index (κ2) is 7.45. The molecular formula is C16H20F12. The van der Waals surface area contributed by atoms with Gasteiger partial charge in [0, 0.05) is 0 Å². The zero-order chi connectivity index (χ0) is 22.4. The topological polar surface area (TPSA) is 0 Å². The van der Waals surface area contributed by atoms with E-state index < -0.39 is 85.9 Å². The molecule has 0 heterocycles. The van der Waals surface area contributed by atoms with Crippen LogP contribution in [0.4, 0.5) is 52.7 Å². The van der Waals surface area contributed by atoms with E-state index in [1.165, 1.54) is 0 Å². The zero-order valence-corrected chi connectivity index (χ0v) is 14.9. The normalized spacial score (nSPS) is 24.6. The summed E-state index contributed by atoms with van der Waals surface area (Å²) in [5, 5.41) is 0. The van der Waals surface area contributed by atoms with Crippen LogP contribution in [0.25, 0.3) is 0 Å². The fraction of sp³-hybridized carbons (Fsp3) is 1.00. The molecule has 1 fully saturated rings. The van der Waals surface area contributed by atoms with Gasteiger partial charge in [-0.2, -0.15) is 52.7 Å². The number of rotatable bonds is 2. The van der Waals surface area contributed by atoms with Crippen molar-refractivity contribution in [1.29, 1.82) is 0 Å². The van der Waals surface area contributed by atoms with Crippen LogP contribution in [0.5, 0.6) is 0 Å². The summed E-state index contributed by atoms with van der Waals surface area (Å²) >= 11 is 0. The van der Waals surface area contributed by atoms with E-state index in [9.17, 15) is 52.7 Å². The van der Waals surface area contributed by atoms with Crippen molar-refractivity contribution >= 4 is 0 Å². The van der Waals surface area contributed by atoms with E-state index in [1.54, 1.807) is 0 Å². The van der Waals surface area contributed by atoms with Gasteiger partial charge in [-0.05, 0) is 51.4 Å². The molecule has 0 aromatic heterocycles. The Bertz CT molecular complexity index is 438. The standard InChI is InChI=1S/C16H20F12/c1-11(13(17,18)19,14(20,21)22)9-5-3-7-10(8-4-6-9)12(2,15(23,24)25)16(26,27)28/h9-10H,3-8H2,1-2H3. The molecule has 0 unspecified atom stereocenters. The minimum atomic E-state index is -5.65. The van der Waals surface area contributed by atoms with Crippen molar-refractivity contribution < 1.29 is 52.7 Å². The fourth-order valence-corrected chi connectivity index (χ4v) is 3.91. The van der Waals surface area contributed by atoms with Crippen LogP contribution in [0.2, 0.25) is 0 Å². The predicted molar refractivity (Wildman–Crippen MR) is 75.1 cm³/mol. The summed E-state index contributed by atoms with van der Waals surface area (Å²) in [7, 11) is 0. The molecule has 28 heavy (non-hydrogen) atoms. The summed E-state index contributed by atoms with van der Waals surface area (Å²) in [6.45, 7) is -0.0153. The lowest BCUT2D eigenvalue weighted by atomic mass is 9.65. The molecule has 0 aromatic carbocycles. The first-order valence-electron chi connectivity index (χ1n) is 8.48. The van der Waals surface area contributed by atoms with Gasteiger partial charge in [0.1, 0.15) is 0 Å². The lowest BCUT2D eigenvalue weighted by molar-refractivity contribution is -0.357. The monoisotopic (exact) mass is 440 g/mol. The molecule has 12 heteroatoms. The Morgan fingerprint density at radius 2 is 0.607 bits per heavy atom. The molecule has 1 aliphatic rings. The summed E-state index contributed by atoms with van der Waals surface area (Å²) < 4.78 is 158. The molecule has 1 saturated carbocycles. The molecule has 0 bridgehead atoms. The van der Waals surface area contributed by atoms with Crippen LogP contribution in [0.3, 0.4) is 0 Å². The number of hydrogen-bond acceptors (Lipinski definition) is 0. The molecule has 0 atom stereocenters. The van der Waals surface area contributed by atoms with Crippen molar-refractivity contribution in [2.24, 2.45) is 22.7 Å². The number of halogens is 12. The molecule has 0 aliphatic heterocycles. The largest absolute Gasteiger partial charge is 0.403 e. The van der Waals surface area contributed by atoms with Crippen LogP contribution in [0, 0.1) is 22.7 Å². The molecule has 0 aromatic rings. The predicted octanol–water partition coefficient (Wildman–Crippen LogP) is 7.83. The third-order valence-corrected chi connectivity index (χ3v) is 6.20. The maximum atomic E-state index is 13.2. The Morgan fingerprint density at radius 1 is 0.429 bits per heavy atom. The van der Waals surface area contributed by atoms with Gasteiger partial charge in [0.25, 0.3) is 0 Å². The summed E-state index contributed by atoms with van der Waals surface area (Å²) in [4.78, 5) is 0. The molecule has 168 valence electrons. The average molecular weight is 440 g/mol. The Morgan fingerprint density at radius 3 is 0.750 bits per heavy atom. The molecule has 0 amide bonds. The molecule has 0 nitrogen and oxygen atoms in total. The quantitative estimate of drug-likeness (QED) is 0.384. The first-order valence-corrected chi connectivity index (χ1v) is 8.48. The van der Waals surface area contributed by atoms with Crippen molar-refractivity contribution in [2.75, 3.05) is 0 Å². The number of hydrogen-bond donors (Lipinski definition) is 0. The Kier molecular flexibility index (Phi) is 6.70. The van der Waals surface area contributed by atoms with Gasteiger partial charge in [-0.15, -0.1) is 0 Å². The Labute approximate surface area is 153 Å². The summed E-state index contributed by atoms with van der Waals surface area (Å²) in [6.07, 6.45) is -26.9. The van der Waals surface area contributed by atoms with Crippen LogP contribution in [0.15, 0.2) is 0 Å². The van der Waals surface area contributed by atoms with Gasteiger partial charge < -0.3 is 0 Å². The van der Waals surface area contributed by atoms with E-state index >= 15 is 0 Å². The molecule has 0 radical (unpaired) electrons. The van der Waals surface area contributed by atoms with Gasteiger partial charge in [-0.1, -0.05) is 12.8 Å². The smallest absolute Gasteiger partial charge is 0.170 e. The molecule has 1 aliphatic carbocycles. The van der Waals surface area contributed by atoms with E-state index in [1.807, 2.05) is 0 Å². The lowest BCUT2D eigenvalue weighted by Gasteiger charge is -2.44. The van der Waals surface area contributed by atoms with Crippen LogP contribution < -0.4 is 0 Å². The average Bonchev–Trinajstić information content (AvgIpc) is 2.40. The van der Waals surface area contributed by atoms with E-state index in [0.29, 0.717) is 0 Å². The van der Waals surface area contributed by atoms with Gasteiger partial charge in [-0.3, -0.25) is 0 Å². The molecule has 0 saturated heterocycles. The first-order chi connectivity index (χ1) is 12.2. The third kappa shape index (κ3) is 4.20. The SMILES string of the molecule is CC(C1CCCC(C(C)(C(F)(F)F)C(F)(F)F)CCC1)(C(F)(F)F)C(F)(F)F. The highest BCUT2D eigenvalue weighted by Gasteiger charge is 2.72. The van der Waals surface area contributed by atoms with Crippen molar-refractivity contribution in [1.82, 2.24) is 0 Å². The van der Waals surface area contributed by atoms with Crippen molar-refractivity contribution in [3.8, 4) is 0 Å². The minimum Gasteiger partial charge on any atom is -0.170 e. The van der Waals surface area contributed by atoms with E-state index in [0.717, 1.165) is 0 Å². The second-order valence-corrected chi connectivity index (χ2v) is 7.65. The molecule has 0 N–H and O–H groups in total. The second-order valence-electron chi connectivity index (χ2n) is 7.65. The van der Waals surface area contributed by atoms with Gasteiger partial charge >= 0.3 is 24.7 Å². The van der Waals surface area contributed by atoms with Gasteiger partial charge in [-0.25, -0.2) is 0 Å². The summed E-state index contributed by atoms with van der Waals surface area (Å²) in [5.74, 6) is -3.95. The van der Waals surface area contributed by atoms with E-state index in [2.05, 4.69) is 0 Å². The minimum absolute atomic E-state index is 0.00764. The molecular weight excluding hydrogens is 420 g/mol. The van der Waals surface area contributed by atoms with Crippen LogP contribution in [-0.4, -0.2) is 24.7 Å². The van der Waals surface area contributed by atoms with Crippen LogP contribution >= 0.6 is 0 Å². The maximum Gasteiger partial charge on any atom is 0.403 e. The summed E-state index contributed by atoms with van der Waals surface area (Å²) in [5.41, 5.74) is -8.16. The molecule has 0 spiro atoms. The van der Waals surface area contributed by atoms with Crippen LogP contribution in [0.1, 0.15) is 52.4 Å². The van der Waals surface area contributed by atoms with Crippen LogP contribution in [-0.2, 0) is 0 Å².